The Kier molecular flexibility index (Phi) is 7.44. The number of hydrogen-bond donors (Lipinski definition) is 0. The highest BCUT2D eigenvalue weighted by Crippen LogP contribution is 2.52. The predicted octanol–water partition coefficient (Wildman–Crippen LogP) is 6.20. The van der Waals surface area contributed by atoms with E-state index < -0.39 is 0 Å². The van der Waals surface area contributed by atoms with Crippen LogP contribution in [0.2, 0.25) is 0 Å². The van der Waals surface area contributed by atoms with Crippen molar-refractivity contribution in [2.24, 2.45) is 0 Å². The average Bonchev–Trinajstić information content (AvgIpc) is 3.15. The van der Waals surface area contributed by atoms with Crippen LogP contribution in [0.5, 0.6) is 0 Å². The SMILES string of the molecule is CCCCN1C(=O)c2ccc3c4c(N5CCOCC5)cc5c6c(ccc(c7c(N8CCOCC8)cc(c2c37)C1=O)c64)C(=O)N(CCCC)C5=O. The van der Waals surface area contributed by atoms with Gasteiger partial charge in [0.25, 0.3) is 23.6 Å². The van der Waals surface area contributed by atoms with Gasteiger partial charge in [-0.2, -0.15) is 0 Å². The summed E-state index contributed by atoms with van der Waals surface area (Å²) in [6.07, 6.45) is 3.21. The normalized spacial score (nSPS) is 18.3. The Balaban J connectivity index is 1.45. The maximum Gasteiger partial charge on any atom is 0.261 e. The fourth-order valence-electron chi connectivity index (χ4n) is 8.67. The van der Waals surface area contributed by atoms with Gasteiger partial charge in [0.2, 0.25) is 0 Å². The number of unbranched alkanes of at least 4 members (excludes halogenated alkanes) is 2. The molecule has 0 saturated carbocycles. The molecule has 2 fully saturated rings. The van der Waals surface area contributed by atoms with Crippen LogP contribution < -0.4 is 9.80 Å². The van der Waals surface area contributed by atoms with E-state index in [-0.39, 0.29) is 23.6 Å². The van der Waals surface area contributed by atoms with Gasteiger partial charge in [0.05, 0.1) is 37.6 Å². The largest absolute Gasteiger partial charge is 0.378 e. The zero-order chi connectivity index (χ0) is 34.3. The molecule has 4 amide bonds. The molecule has 5 aromatic carbocycles. The number of imide groups is 2. The Morgan fingerprint density at radius 2 is 0.880 bits per heavy atom. The number of nitrogens with zero attached hydrogens (tertiary/aromatic N) is 4. The molecule has 0 atom stereocenters. The molecule has 0 aliphatic carbocycles. The second-order valence-corrected chi connectivity index (χ2v) is 13.9. The molecule has 0 radical (unpaired) electrons. The van der Waals surface area contributed by atoms with E-state index in [1.165, 1.54) is 9.80 Å². The van der Waals surface area contributed by atoms with E-state index in [2.05, 4.69) is 23.6 Å². The van der Waals surface area contributed by atoms with E-state index in [0.29, 0.717) is 98.7 Å². The molecular formula is C40H40N4O6. The van der Waals surface area contributed by atoms with Crippen molar-refractivity contribution in [2.75, 3.05) is 75.5 Å². The van der Waals surface area contributed by atoms with Gasteiger partial charge in [-0.1, -0.05) is 38.8 Å². The molecule has 0 N–H and O–H groups in total. The number of fused-ring (bicyclic) bond motifs is 2. The lowest BCUT2D eigenvalue weighted by molar-refractivity contribution is 0.0593. The van der Waals surface area contributed by atoms with Gasteiger partial charge in [-0.05, 0) is 47.9 Å². The van der Waals surface area contributed by atoms with E-state index >= 15 is 0 Å². The summed E-state index contributed by atoms with van der Waals surface area (Å²) in [5.41, 5.74) is 3.95. The van der Waals surface area contributed by atoms with E-state index in [9.17, 15) is 19.2 Å². The van der Waals surface area contributed by atoms with Gasteiger partial charge in [0.15, 0.2) is 0 Å². The molecule has 256 valence electrons. The van der Waals surface area contributed by atoms with Crippen LogP contribution in [-0.2, 0) is 9.47 Å². The van der Waals surface area contributed by atoms with Crippen LogP contribution in [0.1, 0.15) is 81.0 Å². The van der Waals surface area contributed by atoms with Crippen molar-refractivity contribution in [1.29, 1.82) is 0 Å². The zero-order valence-electron chi connectivity index (χ0n) is 28.6. The zero-order valence-corrected chi connectivity index (χ0v) is 28.6. The second-order valence-electron chi connectivity index (χ2n) is 13.9. The number of carbonyl (C=O) groups excluding carboxylic acids is 4. The van der Waals surface area contributed by atoms with Gasteiger partial charge in [-0.25, -0.2) is 0 Å². The smallest absolute Gasteiger partial charge is 0.261 e. The first-order valence-corrected chi connectivity index (χ1v) is 18.1. The first-order chi connectivity index (χ1) is 24.4. The third kappa shape index (κ3) is 4.34. The summed E-state index contributed by atoms with van der Waals surface area (Å²) in [6, 6.07) is 11.8. The number of carbonyl (C=O) groups is 4. The number of morpholine rings is 2. The van der Waals surface area contributed by atoms with Crippen molar-refractivity contribution in [1.82, 2.24) is 9.80 Å². The molecule has 50 heavy (non-hydrogen) atoms. The second kappa shape index (κ2) is 11.9. The molecule has 0 bridgehead atoms. The van der Waals surface area contributed by atoms with E-state index in [0.717, 1.165) is 69.4 Å². The maximum atomic E-state index is 14.3. The summed E-state index contributed by atoms with van der Waals surface area (Å²) < 4.78 is 11.5. The molecular weight excluding hydrogens is 632 g/mol. The van der Waals surface area contributed by atoms with Gasteiger partial charge in [0.1, 0.15) is 0 Å². The first-order valence-electron chi connectivity index (χ1n) is 18.1. The Bertz CT molecular complexity index is 2110. The topological polar surface area (TPSA) is 99.7 Å². The molecule has 9 rings (SSSR count). The van der Waals surface area contributed by atoms with Crippen molar-refractivity contribution in [3.8, 4) is 0 Å². The quantitative estimate of drug-likeness (QED) is 0.109. The number of hydrogen-bond acceptors (Lipinski definition) is 8. The summed E-state index contributed by atoms with van der Waals surface area (Å²) in [6.45, 7) is 9.68. The summed E-state index contributed by atoms with van der Waals surface area (Å²) in [4.78, 5) is 64.1. The van der Waals surface area contributed by atoms with Crippen LogP contribution in [0.3, 0.4) is 0 Å². The highest BCUT2D eigenvalue weighted by atomic mass is 16.5. The van der Waals surface area contributed by atoms with Crippen molar-refractivity contribution in [2.45, 2.75) is 39.5 Å². The molecule has 4 aliphatic rings. The Hall–Kier alpha value is -4.80. The fourth-order valence-corrected chi connectivity index (χ4v) is 8.67. The van der Waals surface area contributed by atoms with Crippen LogP contribution in [0, 0.1) is 0 Å². The van der Waals surface area contributed by atoms with Gasteiger partial charge in [0, 0.05) is 94.1 Å². The molecule has 5 aromatic rings. The van der Waals surface area contributed by atoms with Crippen LogP contribution in [0.4, 0.5) is 11.4 Å². The summed E-state index contributed by atoms with van der Waals surface area (Å²) >= 11 is 0. The molecule has 0 aromatic heterocycles. The first kappa shape index (κ1) is 31.2. The van der Waals surface area contributed by atoms with E-state index in [1.54, 1.807) is 0 Å². The number of ether oxygens (including phenoxy) is 2. The highest BCUT2D eigenvalue weighted by Gasteiger charge is 2.39. The predicted molar refractivity (Wildman–Crippen MR) is 194 cm³/mol. The minimum Gasteiger partial charge on any atom is -0.378 e. The monoisotopic (exact) mass is 672 g/mol. The number of amides is 4. The van der Waals surface area contributed by atoms with Gasteiger partial charge in [-0.3, -0.25) is 29.0 Å². The summed E-state index contributed by atoms with van der Waals surface area (Å²) in [5.74, 6) is -1.05. The lowest BCUT2D eigenvalue weighted by Crippen LogP contribution is -2.42. The number of rotatable bonds is 8. The standard InChI is InChI=1S/C40H40N4O6/c1-3-5-11-43-37(45)25-9-7-23-34-30(42-15-19-50-20-16-42)22-28-32-26(38(46)44(40(28)48)12-6-4-2)10-8-24(36(32)34)33-29(41-13-17-49-18-14-41)21-27(39(43)47)31(25)35(23)33/h7-10,21-22H,3-6,11-20H2,1-2H3. The van der Waals surface area contributed by atoms with Crippen molar-refractivity contribution >= 4 is 78.1 Å². The lowest BCUT2D eigenvalue weighted by atomic mass is 9.80. The molecule has 10 nitrogen and oxygen atoms in total. The molecule has 10 heteroatoms. The minimum atomic E-state index is -0.264. The molecule has 4 aliphatic heterocycles. The Morgan fingerprint density at radius 3 is 1.26 bits per heavy atom. The Labute approximate surface area is 289 Å². The Morgan fingerprint density at radius 1 is 0.500 bits per heavy atom. The maximum absolute atomic E-state index is 14.3. The fraction of sp³-hybridized carbons (Fsp3) is 0.400. The average molecular weight is 673 g/mol. The van der Waals surface area contributed by atoms with E-state index in [4.69, 9.17) is 9.47 Å². The highest BCUT2D eigenvalue weighted by molar-refractivity contribution is 6.44. The van der Waals surface area contributed by atoms with Gasteiger partial charge in [-0.15, -0.1) is 0 Å². The van der Waals surface area contributed by atoms with Crippen molar-refractivity contribution < 1.29 is 28.7 Å². The van der Waals surface area contributed by atoms with Crippen LogP contribution in [0.15, 0.2) is 36.4 Å². The van der Waals surface area contributed by atoms with Crippen molar-refractivity contribution in [3.05, 3.63) is 58.7 Å². The van der Waals surface area contributed by atoms with Gasteiger partial charge < -0.3 is 19.3 Å². The molecule has 2 saturated heterocycles. The number of anilines is 2. The van der Waals surface area contributed by atoms with E-state index in [1.807, 2.05) is 36.4 Å². The molecule has 0 unspecified atom stereocenters. The molecule has 4 heterocycles. The van der Waals surface area contributed by atoms with Crippen LogP contribution in [0.25, 0.3) is 43.1 Å². The number of benzene rings is 5. The third-order valence-electron chi connectivity index (χ3n) is 11.1. The molecule has 0 spiro atoms. The van der Waals surface area contributed by atoms with Gasteiger partial charge >= 0.3 is 0 Å². The lowest BCUT2D eigenvalue weighted by Gasteiger charge is -2.36. The third-order valence-corrected chi connectivity index (χ3v) is 11.1. The summed E-state index contributed by atoms with van der Waals surface area (Å²) in [7, 11) is 0. The minimum absolute atomic E-state index is 0.262. The van der Waals surface area contributed by atoms with Crippen LogP contribution >= 0.6 is 0 Å². The van der Waals surface area contributed by atoms with Crippen molar-refractivity contribution in [3.63, 3.8) is 0 Å². The van der Waals surface area contributed by atoms with Crippen LogP contribution in [-0.4, -0.2) is 99.1 Å². The summed E-state index contributed by atoms with van der Waals surface area (Å²) in [5, 5.41) is 6.80.